The van der Waals surface area contributed by atoms with Crippen molar-refractivity contribution in [3.63, 3.8) is 0 Å². The summed E-state index contributed by atoms with van der Waals surface area (Å²) < 4.78 is 6.57. The Morgan fingerprint density at radius 2 is 2.22 bits per heavy atom. The molecule has 1 saturated heterocycles. The molecular weight excluding hydrogens is 341 g/mol. The van der Waals surface area contributed by atoms with Crippen molar-refractivity contribution >= 4 is 28.4 Å². The van der Waals surface area contributed by atoms with Crippen LogP contribution in [-0.4, -0.2) is 29.7 Å². The Balaban J connectivity index is 2.20. The van der Waals surface area contributed by atoms with Crippen LogP contribution < -0.4 is 5.32 Å². The number of aromatic nitrogens is 2. The fraction of sp³-hybridized carbons (Fsp3) is 0.692. The Labute approximate surface area is 122 Å². The maximum absolute atomic E-state index is 5.41. The summed E-state index contributed by atoms with van der Waals surface area (Å²) in [6.45, 7) is 6.86. The molecule has 1 aromatic rings. The summed E-state index contributed by atoms with van der Waals surface area (Å²) in [7, 11) is 0. The highest BCUT2D eigenvalue weighted by molar-refractivity contribution is 14.1. The summed E-state index contributed by atoms with van der Waals surface area (Å²) in [4.78, 5) is 9.33. The zero-order chi connectivity index (χ0) is 13.0. The van der Waals surface area contributed by atoms with Crippen molar-refractivity contribution in [1.82, 2.24) is 9.97 Å². The van der Waals surface area contributed by atoms with E-state index in [1.807, 2.05) is 0 Å². The minimum Gasteiger partial charge on any atom is -0.381 e. The first kappa shape index (κ1) is 14.0. The number of rotatable bonds is 5. The lowest BCUT2D eigenvalue weighted by molar-refractivity contribution is 0.185. The van der Waals surface area contributed by atoms with Gasteiger partial charge in [-0.2, -0.15) is 0 Å². The van der Waals surface area contributed by atoms with E-state index in [0.717, 1.165) is 59.9 Å². The van der Waals surface area contributed by atoms with Crippen LogP contribution in [0.3, 0.4) is 0 Å². The molecule has 1 N–H and O–H groups in total. The lowest BCUT2D eigenvalue weighted by Crippen LogP contribution is -2.13. The van der Waals surface area contributed by atoms with Gasteiger partial charge in [0.2, 0.25) is 0 Å². The van der Waals surface area contributed by atoms with Gasteiger partial charge in [-0.25, -0.2) is 9.97 Å². The average Bonchev–Trinajstić information content (AvgIpc) is 2.86. The van der Waals surface area contributed by atoms with Gasteiger partial charge in [0, 0.05) is 26.2 Å². The van der Waals surface area contributed by atoms with Gasteiger partial charge in [-0.15, -0.1) is 0 Å². The van der Waals surface area contributed by atoms with Crippen molar-refractivity contribution in [2.45, 2.75) is 33.1 Å². The Morgan fingerprint density at radius 1 is 1.39 bits per heavy atom. The molecule has 0 bridgehead atoms. The van der Waals surface area contributed by atoms with Gasteiger partial charge in [-0.3, -0.25) is 0 Å². The highest BCUT2D eigenvalue weighted by Gasteiger charge is 2.19. The summed E-state index contributed by atoms with van der Waals surface area (Å²) in [5, 5.41) is 3.33. The number of anilines is 1. The van der Waals surface area contributed by atoms with Crippen molar-refractivity contribution in [1.29, 1.82) is 0 Å². The second kappa shape index (κ2) is 6.65. The van der Waals surface area contributed by atoms with E-state index in [2.05, 4.69) is 51.7 Å². The van der Waals surface area contributed by atoms with E-state index in [1.165, 1.54) is 0 Å². The van der Waals surface area contributed by atoms with Gasteiger partial charge < -0.3 is 10.1 Å². The predicted molar refractivity (Wildman–Crippen MR) is 80.9 cm³/mol. The van der Waals surface area contributed by atoms with E-state index in [1.54, 1.807) is 0 Å². The van der Waals surface area contributed by atoms with E-state index < -0.39 is 0 Å². The van der Waals surface area contributed by atoms with Gasteiger partial charge in [0.05, 0.1) is 9.26 Å². The summed E-state index contributed by atoms with van der Waals surface area (Å²) in [5.74, 6) is 2.53. The maximum Gasteiger partial charge on any atom is 0.143 e. The molecule has 0 amide bonds. The largest absolute Gasteiger partial charge is 0.381 e. The first-order chi connectivity index (χ1) is 8.74. The first-order valence-corrected chi connectivity index (χ1v) is 7.69. The second-order valence-corrected chi connectivity index (χ2v) is 5.65. The second-order valence-electron chi connectivity index (χ2n) is 4.57. The van der Waals surface area contributed by atoms with Crippen molar-refractivity contribution in [3.05, 3.63) is 15.1 Å². The minimum absolute atomic E-state index is 0.587. The zero-order valence-electron chi connectivity index (χ0n) is 11.0. The fourth-order valence-electron chi connectivity index (χ4n) is 2.16. The van der Waals surface area contributed by atoms with Crippen molar-refractivity contribution < 1.29 is 4.74 Å². The maximum atomic E-state index is 5.41. The molecule has 0 aromatic carbocycles. The SMILES string of the molecule is CCNc1nc(CC2CCOC2)nc(CC)c1I. The molecule has 1 atom stereocenters. The van der Waals surface area contributed by atoms with Crippen LogP contribution in [0.15, 0.2) is 0 Å². The molecule has 1 fully saturated rings. The molecular formula is C13H20IN3O. The van der Waals surface area contributed by atoms with Crippen LogP contribution in [-0.2, 0) is 17.6 Å². The van der Waals surface area contributed by atoms with Crippen LogP contribution >= 0.6 is 22.6 Å². The lowest BCUT2D eigenvalue weighted by Gasteiger charge is -2.13. The standard InChI is InChI=1S/C13H20IN3O/c1-3-10-12(14)13(15-4-2)17-11(16-10)7-9-5-6-18-8-9/h9H,3-8H2,1-2H3,(H,15,16,17). The number of aryl methyl sites for hydroxylation is 1. The van der Waals surface area contributed by atoms with Crippen LogP contribution in [0.25, 0.3) is 0 Å². The number of halogens is 1. The fourth-order valence-corrected chi connectivity index (χ4v) is 2.97. The lowest BCUT2D eigenvalue weighted by atomic mass is 10.0. The highest BCUT2D eigenvalue weighted by Crippen LogP contribution is 2.22. The normalized spacial score (nSPS) is 19.2. The highest BCUT2D eigenvalue weighted by atomic mass is 127. The summed E-state index contributed by atoms with van der Waals surface area (Å²) in [6.07, 6.45) is 3.02. The van der Waals surface area contributed by atoms with Gasteiger partial charge in [0.15, 0.2) is 0 Å². The first-order valence-electron chi connectivity index (χ1n) is 6.61. The molecule has 5 heteroatoms. The molecule has 1 aliphatic heterocycles. The third-order valence-corrected chi connectivity index (χ3v) is 4.27. The molecule has 2 rings (SSSR count). The molecule has 0 aliphatic carbocycles. The van der Waals surface area contributed by atoms with Crippen LogP contribution in [0.4, 0.5) is 5.82 Å². The number of hydrogen-bond acceptors (Lipinski definition) is 4. The van der Waals surface area contributed by atoms with E-state index >= 15 is 0 Å². The Hall–Kier alpha value is -0.430. The van der Waals surface area contributed by atoms with Crippen LogP contribution in [0.1, 0.15) is 31.8 Å². The summed E-state index contributed by atoms with van der Waals surface area (Å²) in [5.41, 5.74) is 1.15. The number of nitrogens with zero attached hydrogens (tertiary/aromatic N) is 2. The molecule has 0 radical (unpaired) electrons. The van der Waals surface area contributed by atoms with Crippen molar-refractivity contribution in [2.75, 3.05) is 25.1 Å². The van der Waals surface area contributed by atoms with Gasteiger partial charge in [-0.1, -0.05) is 6.92 Å². The van der Waals surface area contributed by atoms with Gasteiger partial charge in [0.1, 0.15) is 11.6 Å². The Bertz CT molecular complexity index is 405. The monoisotopic (exact) mass is 361 g/mol. The van der Waals surface area contributed by atoms with E-state index in [9.17, 15) is 0 Å². The van der Waals surface area contributed by atoms with Crippen molar-refractivity contribution in [2.24, 2.45) is 5.92 Å². The van der Waals surface area contributed by atoms with Crippen molar-refractivity contribution in [3.8, 4) is 0 Å². The summed E-state index contributed by atoms with van der Waals surface area (Å²) in [6, 6.07) is 0. The van der Waals surface area contributed by atoms with Gasteiger partial charge >= 0.3 is 0 Å². The van der Waals surface area contributed by atoms with E-state index in [0.29, 0.717) is 5.92 Å². The average molecular weight is 361 g/mol. The van der Waals surface area contributed by atoms with E-state index in [4.69, 9.17) is 4.74 Å². The smallest absolute Gasteiger partial charge is 0.143 e. The molecule has 100 valence electrons. The molecule has 1 aliphatic rings. The Morgan fingerprint density at radius 3 is 2.83 bits per heavy atom. The molecule has 0 spiro atoms. The molecule has 1 unspecified atom stereocenters. The number of hydrogen-bond donors (Lipinski definition) is 1. The third kappa shape index (κ3) is 3.32. The molecule has 4 nitrogen and oxygen atoms in total. The predicted octanol–water partition coefficient (Wildman–Crippen LogP) is 2.65. The molecule has 1 aromatic heterocycles. The van der Waals surface area contributed by atoms with Crippen LogP contribution in [0, 0.1) is 9.49 Å². The quantitative estimate of drug-likeness (QED) is 0.820. The molecule has 0 saturated carbocycles. The topological polar surface area (TPSA) is 47.0 Å². The number of ether oxygens (including phenoxy) is 1. The van der Waals surface area contributed by atoms with Gasteiger partial charge in [-0.05, 0) is 48.3 Å². The van der Waals surface area contributed by atoms with E-state index in [-0.39, 0.29) is 0 Å². The van der Waals surface area contributed by atoms with Crippen LogP contribution in [0.2, 0.25) is 0 Å². The third-order valence-electron chi connectivity index (χ3n) is 3.14. The zero-order valence-corrected chi connectivity index (χ0v) is 13.2. The Kier molecular flexibility index (Phi) is 5.17. The number of nitrogens with one attached hydrogen (secondary N) is 1. The molecule has 2 heterocycles. The van der Waals surface area contributed by atoms with Crippen LogP contribution in [0.5, 0.6) is 0 Å². The summed E-state index contributed by atoms with van der Waals surface area (Å²) >= 11 is 2.33. The molecule has 18 heavy (non-hydrogen) atoms. The van der Waals surface area contributed by atoms with Gasteiger partial charge in [0.25, 0.3) is 0 Å². The minimum atomic E-state index is 0.587.